The summed E-state index contributed by atoms with van der Waals surface area (Å²) in [7, 11) is 0. The van der Waals surface area contributed by atoms with Crippen LogP contribution in [0.2, 0.25) is 0 Å². The molecule has 26 heavy (non-hydrogen) atoms. The summed E-state index contributed by atoms with van der Waals surface area (Å²) in [6, 6.07) is 10.7. The first kappa shape index (κ1) is 21.0. The predicted molar refractivity (Wildman–Crippen MR) is 108 cm³/mol. The number of carbonyl (C=O) groups is 1. The Morgan fingerprint density at radius 3 is 2.77 bits per heavy atom. The van der Waals surface area contributed by atoms with Gasteiger partial charge in [0.05, 0.1) is 6.54 Å². The minimum absolute atomic E-state index is 0. The third kappa shape index (κ3) is 4.17. The van der Waals surface area contributed by atoms with Crippen molar-refractivity contribution in [3.05, 3.63) is 36.1 Å². The van der Waals surface area contributed by atoms with Crippen LogP contribution in [0.25, 0.3) is 11.0 Å². The van der Waals surface area contributed by atoms with Crippen molar-refractivity contribution in [2.45, 2.75) is 31.8 Å². The quantitative estimate of drug-likeness (QED) is 0.857. The van der Waals surface area contributed by atoms with E-state index < -0.39 is 0 Å². The minimum Gasteiger partial charge on any atom is -0.460 e. The van der Waals surface area contributed by atoms with E-state index in [0.29, 0.717) is 31.5 Å². The first-order valence-electron chi connectivity index (χ1n) is 8.94. The maximum atomic E-state index is 12.2. The van der Waals surface area contributed by atoms with Crippen LogP contribution in [0.15, 0.2) is 34.7 Å². The van der Waals surface area contributed by atoms with Gasteiger partial charge in [-0.1, -0.05) is 18.2 Å². The lowest BCUT2D eigenvalue weighted by atomic mass is 9.83. The summed E-state index contributed by atoms with van der Waals surface area (Å²) in [5, 5.41) is 1.17. The number of nitrogens with two attached hydrogens (primary N) is 1. The maximum Gasteiger partial charge on any atom is 0.222 e. The molecule has 5 nitrogen and oxygen atoms in total. The fourth-order valence-electron chi connectivity index (χ4n) is 4.33. The van der Waals surface area contributed by atoms with E-state index in [2.05, 4.69) is 17.0 Å². The highest BCUT2D eigenvalue weighted by Gasteiger charge is 2.38. The smallest absolute Gasteiger partial charge is 0.222 e. The average molecular weight is 400 g/mol. The van der Waals surface area contributed by atoms with Crippen LogP contribution in [0, 0.1) is 5.92 Å². The molecule has 3 heterocycles. The zero-order chi connectivity index (χ0) is 16.5. The van der Waals surface area contributed by atoms with Gasteiger partial charge in [0.1, 0.15) is 11.3 Å². The lowest BCUT2D eigenvalue weighted by Crippen LogP contribution is -2.56. The molecule has 2 aliphatic rings. The molecule has 0 unspecified atom stereocenters. The maximum absolute atomic E-state index is 12.2. The Labute approximate surface area is 166 Å². The highest BCUT2D eigenvalue weighted by Crippen LogP contribution is 2.32. The van der Waals surface area contributed by atoms with Gasteiger partial charge in [-0.2, -0.15) is 0 Å². The van der Waals surface area contributed by atoms with Crippen LogP contribution in [0.1, 0.15) is 25.0 Å². The molecule has 144 valence electrons. The number of likely N-dealkylation sites (tertiary alicyclic amines) is 2. The van der Waals surface area contributed by atoms with Crippen LogP contribution in [-0.2, 0) is 11.3 Å². The second kappa shape index (κ2) is 9.09. The molecule has 2 N–H and O–H groups in total. The van der Waals surface area contributed by atoms with Crippen molar-refractivity contribution < 1.29 is 9.21 Å². The van der Waals surface area contributed by atoms with E-state index in [4.69, 9.17) is 10.2 Å². The van der Waals surface area contributed by atoms with E-state index >= 15 is 0 Å². The molecule has 7 heteroatoms. The summed E-state index contributed by atoms with van der Waals surface area (Å²) in [4.78, 5) is 16.7. The monoisotopic (exact) mass is 399 g/mol. The summed E-state index contributed by atoms with van der Waals surface area (Å²) in [5.74, 6) is 1.88. The fraction of sp³-hybridized carbons (Fsp3) is 0.526. The summed E-state index contributed by atoms with van der Waals surface area (Å²) in [6.45, 7) is 4.15. The van der Waals surface area contributed by atoms with Gasteiger partial charge >= 0.3 is 0 Å². The third-order valence-corrected chi connectivity index (χ3v) is 5.45. The first-order chi connectivity index (χ1) is 11.7. The molecule has 0 saturated carbocycles. The normalized spacial score (nSPS) is 23.3. The van der Waals surface area contributed by atoms with Crippen LogP contribution in [0.4, 0.5) is 0 Å². The Kier molecular flexibility index (Phi) is 7.35. The van der Waals surface area contributed by atoms with E-state index in [1.807, 2.05) is 23.1 Å². The SMILES string of the molecule is Cl.Cl.NCCN1C(=O)CC[C@H]2CN(Cc3cc4ccccc4o3)CC[C@H]21. The van der Waals surface area contributed by atoms with Crippen LogP contribution in [-0.4, -0.2) is 47.9 Å². The van der Waals surface area contributed by atoms with Crippen molar-refractivity contribution in [3.8, 4) is 0 Å². The Morgan fingerprint density at radius 2 is 2.00 bits per heavy atom. The topological polar surface area (TPSA) is 62.7 Å². The van der Waals surface area contributed by atoms with Crippen LogP contribution in [0.5, 0.6) is 0 Å². The van der Waals surface area contributed by atoms with Gasteiger partial charge in [-0.3, -0.25) is 9.69 Å². The highest BCUT2D eigenvalue weighted by atomic mass is 35.5. The number of piperidine rings is 2. The Bertz CT molecular complexity index is 703. The van der Waals surface area contributed by atoms with Crippen molar-refractivity contribution >= 4 is 41.7 Å². The average Bonchev–Trinajstić information content (AvgIpc) is 3.00. The fourth-order valence-corrected chi connectivity index (χ4v) is 4.33. The molecular weight excluding hydrogens is 373 g/mol. The van der Waals surface area contributed by atoms with Crippen molar-refractivity contribution in [2.75, 3.05) is 26.2 Å². The second-order valence-electron chi connectivity index (χ2n) is 7.02. The van der Waals surface area contributed by atoms with Crippen molar-refractivity contribution in [1.29, 1.82) is 0 Å². The van der Waals surface area contributed by atoms with E-state index in [0.717, 1.165) is 43.8 Å². The van der Waals surface area contributed by atoms with Gasteiger partial charge < -0.3 is 15.1 Å². The van der Waals surface area contributed by atoms with Crippen molar-refractivity contribution in [3.63, 3.8) is 0 Å². The summed E-state index contributed by atoms with van der Waals surface area (Å²) < 4.78 is 5.96. The standard InChI is InChI=1S/C19H25N3O2.2ClH/c20-8-10-22-17-7-9-21(12-15(17)5-6-19(22)23)13-16-11-14-3-1-2-4-18(14)24-16;;/h1-4,11,15,17H,5-10,12-13,20H2;2*1H/t15-,17+;;/m0../s1. The summed E-state index contributed by atoms with van der Waals surface area (Å²) in [5.41, 5.74) is 6.65. The molecule has 2 aliphatic heterocycles. The van der Waals surface area contributed by atoms with Gasteiger partial charge in [-0.25, -0.2) is 0 Å². The third-order valence-electron chi connectivity index (χ3n) is 5.45. The predicted octanol–water partition coefficient (Wildman–Crippen LogP) is 3.05. The van der Waals surface area contributed by atoms with Gasteiger partial charge in [0.15, 0.2) is 0 Å². The molecule has 1 aromatic heterocycles. The van der Waals surface area contributed by atoms with Gasteiger partial charge in [0.25, 0.3) is 0 Å². The van der Waals surface area contributed by atoms with Gasteiger partial charge in [-0.15, -0.1) is 24.8 Å². The number of nitrogens with zero attached hydrogens (tertiary/aromatic N) is 2. The molecule has 1 amide bonds. The lowest BCUT2D eigenvalue weighted by Gasteiger charge is -2.47. The number of amides is 1. The molecule has 0 bridgehead atoms. The van der Waals surface area contributed by atoms with E-state index in [1.165, 1.54) is 5.39 Å². The molecule has 4 rings (SSSR count). The number of carbonyl (C=O) groups excluding carboxylic acids is 1. The highest BCUT2D eigenvalue weighted by molar-refractivity contribution is 5.85. The first-order valence-corrected chi connectivity index (χ1v) is 8.94. The molecule has 2 aromatic rings. The summed E-state index contributed by atoms with van der Waals surface area (Å²) in [6.07, 6.45) is 2.71. The Hall–Kier alpha value is -1.27. The van der Waals surface area contributed by atoms with Crippen LogP contribution < -0.4 is 5.73 Å². The summed E-state index contributed by atoms with van der Waals surface area (Å²) >= 11 is 0. The van der Waals surface area contributed by atoms with Gasteiger partial charge in [0, 0.05) is 44.0 Å². The molecule has 2 fully saturated rings. The number of hydrogen-bond acceptors (Lipinski definition) is 4. The van der Waals surface area contributed by atoms with E-state index in [-0.39, 0.29) is 30.7 Å². The lowest BCUT2D eigenvalue weighted by molar-refractivity contribution is -0.141. The molecule has 1 aromatic carbocycles. The zero-order valence-corrected chi connectivity index (χ0v) is 16.4. The number of benzene rings is 1. The molecule has 0 spiro atoms. The number of rotatable bonds is 4. The largest absolute Gasteiger partial charge is 0.460 e. The number of fused-ring (bicyclic) bond motifs is 2. The molecule has 2 saturated heterocycles. The van der Waals surface area contributed by atoms with Crippen LogP contribution >= 0.6 is 24.8 Å². The molecule has 0 aliphatic carbocycles. The number of halogens is 2. The molecule has 2 atom stereocenters. The molecule has 0 radical (unpaired) electrons. The Balaban J connectivity index is 0.00000121. The van der Waals surface area contributed by atoms with Crippen LogP contribution in [0.3, 0.4) is 0 Å². The van der Waals surface area contributed by atoms with E-state index in [9.17, 15) is 4.79 Å². The Morgan fingerprint density at radius 1 is 1.19 bits per heavy atom. The number of hydrogen-bond donors (Lipinski definition) is 1. The van der Waals surface area contributed by atoms with Gasteiger partial charge in [0.2, 0.25) is 5.91 Å². The second-order valence-corrected chi connectivity index (χ2v) is 7.02. The van der Waals surface area contributed by atoms with Crippen molar-refractivity contribution in [2.24, 2.45) is 11.7 Å². The molecular formula is C19H27Cl2N3O2. The van der Waals surface area contributed by atoms with Gasteiger partial charge in [-0.05, 0) is 30.9 Å². The zero-order valence-electron chi connectivity index (χ0n) is 14.8. The van der Waals surface area contributed by atoms with E-state index in [1.54, 1.807) is 0 Å². The number of para-hydroxylation sites is 1. The number of furan rings is 1. The van der Waals surface area contributed by atoms with Crippen molar-refractivity contribution in [1.82, 2.24) is 9.80 Å². The minimum atomic E-state index is 0.